The first-order valence-electron chi connectivity index (χ1n) is 7.05. The number of nitrogens with zero attached hydrogens (tertiary/aromatic N) is 1. The van der Waals surface area contributed by atoms with Gasteiger partial charge in [0.1, 0.15) is 0 Å². The van der Waals surface area contributed by atoms with Crippen LogP contribution in [-0.4, -0.2) is 37.1 Å². The van der Waals surface area contributed by atoms with Crippen molar-refractivity contribution in [1.82, 2.24) is 10.2 Å². The van der Waals surface area contributed by atoms with Crippen LogP contribution in [0.25, 0.3) is 0 Å². The molecule has 0 aliphatic rings. The average molecular weight is 228 g/mol. The minimum Gasteiger partial charge on any atom is -0.313 e. The molecule has 0 aromatic rings. The van der Waals surface area contributed by atoms with Crippen LogP contribution >= 0.6 is 0 Å². The van der Waals surface area contributed by atoms with E-state index in [1.165, 1.54) is 38.9 Å². The lowest BCUT2D eigenvalue weighted by Gasteiger charge is -2.20. The lowest BCUT2D eigenvalue weighted by atomic mass is 10.0. The molecular weight excluding hydrogens is 196 g/mol. The van der Waals surface area contributed by atoms with E-state index in [0.29, 0.717) is 6.04 Å². The van der Waals surface area contributed by atoms with Gasteiger partial charge >= 0.3 is 0 Å². The standard InChI is InChI=1S/C14H32N2/c1-6-16(7-2)12-11-15-14(5)10-8-9-13(3)4/h13-15H,6-12H2,1-5H3. The summed E-state index contributed by atoms with van der Waals surface area (Å²) in [6, 6.07) is 0.675. The Morgan fingerprint density at radius 1 is 1.00 bits per heavy atom. The van der Waals surface area contributed by atoms with Crippen LogP contribution in [0.3, 0.4) is 0 Å². The maximum atomic E-state index is 3.61. The first-order valence-corrected chi connectivity index (χ1v) is 7.05. The van der Waals surface area contributed by atoms with E-state index in [4.69, 9.17) is 0 Å². The molecule has 0 aliphatic heterocycles. The van der Waals surface area contributed by atoms with Crippen molar-refractivity contribution in [3.05, 3.63) is 0 Å². The molecule has 0 rings (SSSR count). The van der Waals surface area contributed by atoms with Crippen molar-refractivity contribution >= 4 is 0 Å². The van der Waals surface area contributed by atoms with Crippen LogP contribution in [0.4, 0.5) is 0 Å². The molecule has 0 amide bonds. The summed E-state index contributed by atoms with van der Waals surface area (Å²) in [4.78, 5) is 2.47. The highest BCUT2D eigenvalue weighted by atomic mass is 15.1. The van der Waals surface area contributed by atoms with Crippen molar-refractivity contribution in [2.45, 2.75) is 59.9 Å². The maximum absolute atomic E-state index is 3.61. The summed E-state index contributed by atoms with van der Waals surface area (Å²) >= 11 is 0. The fraction of sp³-hybridized carbons (Fsp3) is 1.00. The topological polar surface area (TPSA) is 15.3 Å². The second kappa shape index (κ2) is 10.1. The van der Waals surface area contributed by atoms with Crippen molar-refractivity contribution in [3.63, 3.8) is 0 Å². The summed E-state index contributed by atoms with van der Waals surface area (Å²) in [6.45, 7) is 16.0. The number of nitrogens with one attached hydrogen (secondary N) is 1. The zero-order chi connectivity index (χ0) is 12.4. The van der Waals surface area contributed by atoms with E-state index in [2.05, 4.69) is 44.8 Å². The summed E-state index contributed by atoms with van der Waals surface area (Å²) in [5, 5.41) is 3.61. The molecule has 0 aromatic carbocycles. The largest absolute Gasteiger partial charge is 0.313 e. The number of hydrogen-bond acceptors (Lipinski definition) is 2. The van der Waals surface area contributed by atoms with E-state index in [-0.39, 0.29) is 0 Å². The van der Waals surface area contributed by atoms with Gasteiger partial charge in [0.2, 0.25) is 0 Å². The van der Waals surface area contributed by atoms with Gasteiger partial charge in [0.15, 0.2) is 0 Å². The Bertz CT molecular complexity index is 142. The Morgan fingerprint density at radius 3 is 2.12 bits per heavy atom. The molecular formula is C14H32N2. The molecule has 0 aromatic heterocycles. The number of likely N-dealkylation sites (N-methyl/N-ethyl adjacent to an activating group) is 1. The Labute approximate surface area is 103 Å². The smallest absolute Gasteiger partial charge is 0.0107 e. The van der Waals surface area contributed by atoms with Crippen molar-refractivity contribution in [2.75, 3.05) is 26.2 Å². The van der Waals surface area contributed by atoms with Gasteiger partial charge in [-0.05, 0) is 32.4 Å². The van der Waals surface area contributed by atoms with E-state index in [1.807, 2.05) is 0 Å². The zero-order valence-electron chi connectivity index (χ0n) is 12.1. The molecule has 1 unspecified atom stereocenters. The van der Waals surface area contributed by atoms with Gasteiger partial charge in [-0.15, -0.1) is 0 Å². The predicted molar refractivity (Wildman–Crippen MR) is 73.9 cm³/mol. The average Bonchev–Trinajstić information content (AvgIpc) is 2.24. The highest BCUT2D eigenvalue weighted by Gasteiger charge is 2.03. The normalized spacial score (nSPS) is 13.7. The third-order valence-corrected chi connectivity index (χ3v) is 3.23. The molecule has 0 heterocycles. The van der Waals surface area contributed by atoms with Gasteiger partial charge in [0.05, 0.1) is 0 Å². The summed E-state index contributed by atoms with van der Waals surface area (Å²) in [6.07, 6.45) is 4.04. The molecule has 0 aliphatic carbocycles. The van der Waals surface area contributed by atoms with Gasteiger partial charge in [-0.2, -0.15) is 0 Å². The molecule has 0 spiro atoms. The minimum atomic E-state index is 0.675. The first kappa shape index (κ1) is 15.9. The minimum absolute atomic E-state index is 0.675. The van der Waals surface area contributed by atoms with Gasteiger partial charge in [-0.3, -0.25) is 0 Å². The molecule has 0 radical (unpaired) electrons. The monoisotopic (exact) mass is 228 g/mol. The lowest BCUT2D eigenvalue weighted by Crippen LogP contribution is -2.35. The molecule has 2 nitrogen and oxygen atoms in total. The molecule has 16 heavy (non-hydrogen) atoms. The Morgan fingerprint density at radius 2 is 1.62 bits per heavy atom. The van der Waals surface area contributed by atoms with Crippen molar-refractivity contribution < 1.29 is 0 Å². The van der Waals surface area contributed by atoms with Gasteiger partial charge in [0.25, 0.3) is 0 Å². The van der Waals surface area contributed by atoms with E-state index in [9.17, 15) is 0 Å². The van der Waals surface area contributed by atoms with Crippen molar-refractivity contribution in [1.29, 1.82) is 0 Å². The van der Waals surface area contributed by atoms with Crippen LogP contribution in [0.5, 0.6) is 0 Å². The highest BCUT2D eigenvalue weighted by molar-refractivity contribution is 4.63. The van der Waals surface area contributed by atoms with E-state index < -0.39 is 0 Å². The SMILES string of the molecule is CCN(CC)CCNC(C)CCCC(C)C. The quantitative estimate of drug-likeness (QED) is 0.618. The Kier molecular flexibility index (Phi) is 10.0. The van der Waals surface area contributed by atoms with Gasteiger partial charge < -0.3 is 10.2 Å². The molecule has 1 atom stereocenters. The summed E-state index contributed by atoms with van der Waals surface area (Å²) in [5.41, 5.74) is 0. The molecule has 0 fully saturated rings. The number of rotatable bonds is 10. The van der Waals surface area contributed by atoms with Crippen LogP contribution in [-0.2, 0) is 0 Å². The molecule has 0 bridgehead atoms. The van der Waals surface area contributed by atoms with Crippen LogP contribution in [0.2, 0.25) is 0 Å². The molecule has 2 heteroatoms. The first-order chi connectivity index (χ1) is 7.60. The zero-order valence-corrected chi connectivity index (χ0v) is 12.1. The van der Waals surface area contributed by atoms with Crippen LogP contribution < -0.4 is 5.32 Å². The van der Waals surface area contributed by atoms with Crippen LogP contribution in [0, 0.1) is 5.92 Å². The van der Waals surface area contributed by atoms with Gasteiger partial charge in [-0.1, -0.05) is 40.5 Å². The van der Waals surface area contributed by atoms with E-state index in [1.54, 1.807) is 0 Å². The molecule has 0 saturated heterocycles. The second-order valence-electron chi connectivity index (χ2n) is 5.21. The van der Waals surface area contributed by atoms with Crippen LogP contribution in [0.15, 0.2) is 0 Å². The Hall–Kier alpha value is -0.0800. The lowest BCUT2D eigenvalue weighted by molar-refractivity contribution is 0.295. The van der Waals surface area contributed by atoms with Crippen molar-refractivity contribution in [3.8, 4) is 0 Å². The fourth-order valence-electron chi connectivity index (χ4n) is 1.94. The fourth-order valence-corrected chi connectivity index (χ4v) is 1.94. The van der Waals surface area contributed by atoms with Gasteiger partial charge in [-0.25, -0.2) is 0 Å². The van der Waals surface area contributed by atoms with E-state index >= 15 is 0 Å². The summed E-state index contributed by atoms with van der Waals surface area (Å²) in [7, 11) is 0. The van der Waals surface area contributed by atoms with Gasteiger partial charge in [0, 0.05) is 19.1 Å². The van der Waals surface area contributed by atoms with E-state index in [0.717, 1.165) is 12.5 Å². The second-order valence-corrected chi connectivity index (χ2v) is 5.21. The predicted octanol–water partition coefficient (Wildman–Crippen LogP) is 3.13. The highest BCUT2D eigenvalue weighted by Crippen LogP contribution is 2.07. The van der Waals surface area contributed by atoms with Crippen molar-refractivity contribution in [2.24, 2.45) is 5.92 Å². The molecule has 1 N–H and O–H groups in total. The maximum Gasteiger partial charge on any atom is 0.0107 e. The summed E-state index contributed by atoms with van der Waals surface area (Å²) < 4.78 is 0. The van der Waals surface area contributed by atoms with Crippen LogP contribution in [0.1, 0.15) is 53.9 Å². The number of hydrogen-bond donors (Lipinski definition) is 1. The molecule has 98 valence electrons. The molecule has 0 saturated carbocycles. The summed E-state index contributed by atoms with van der Waals surface area (Å²) in [5.74, 6) is 0.850. The Balaban J connectivity index is 3.39. The third kappa shape index (κ3) is 9.17. The third-order valence-electron chi connectivity index (χ3n) is 3.23.